The first-order chi connectivity index (χ1) is 7.58. The van der Waals surface area contributed by atoms with E-state index in [1.54, 1.807) is 0 Å². The number of aromatic nitrogens is 2. The highest BCUT2D eigenvalue weighted by Gasteiger charge is 2.10. The van der Waals surface area contributed by atoms with Gasteiger partial charge in [0.2, 0.25) is 0 Å². The summed E-state index contributed by atoms with van der Waals surface area (Å²) >= 11 is 3.53. The summed E-state index contributed by atoms with van der Waals surface area (Å²) in [7, 11) is 0. The molecule has 2 aromatic rings. The third-order valence-corrected chi connectivity index (χ3v) is 2.98. The normalized spacial score (nSPS) is 11.0. The Labute approximate surface area is 103 Å². The Hall–Kier alpha value is -1.29. The van der Waals surface area contributed by atoms with Gasteiger partial charge in [-0.25, -0.2) is 0 Å². The summed E-state index contributed by atoms with van der Waals surface area (Å²) in [6, 6.07) is 8.09. The summed E-state index contributed by atoms with van der Waals surface area (Å²) in [5.41, 5.74) is 8.45. The van der Waals surface area contributed by atoms with E-state index in [0.29, 0.717) is 6.04 Å². The summed E-state index contributed by atoms with van der Waals surface area (Å²) < 4.78 is 2.95. The van der Waals surface area contributed by atoms with Crippen LogP contribution in [0.1, 0.15) is 19.9 Å². The first-order valence-corrected chi connectivity index (χ1v) is 5.98. The van der Waals surface area contributed by atoms with E-state index in [1.807, 2.05) is 35.1 Å². The molecule has 0 fully saturated rings. The molecule has 1 aromatic carbocycles. The Morgan fingerprint density at radius 1 is 1.25 bits per heavy atom. The lowest BCUT2D eigenvalue weighted by Crippen LogP contribution is -2.00. The summed E-state index contributed by atoms with van der Waals surface area (Å²) in [6.45, 7) is 4.21. The van der Waals surface area contributed by atoms with E-state index in [9.17, 15) is 0 Å². The number of halogens is 1. The van der Waals surface area contributed by atoms with Gasteiger partial charge >= 0.3 is 0 Å². The molecule has 0 aliphatic rings. The Morgan fingerprint density at radius 2 is 1.88 bits per heavy atom. The molecule has 2 N–H and O–H groups in total. The highest BCUT2D eigenvalue weighted by Crippen LogP contribution is 2.28. The van der Waals surface area contributed by atoms with E-state index in [0.717, 1.165) is 21.4 Å². The molecule has 0 aliphatic heterocycles. The number of benzene rings is 1. The van der Waals surface area contributed by atoms with Gasteiger partial charge in [-0.15, -0.1) is 0 Å². The third kappa shape index (κ3) is 2.11. The molecule has 0 radical (unpaired) electrons. The zero-order valence-corrected chi connectivity index (χ0v) is 10.9. The van der Waals surface area contributed by atoms with Crippen LogP contribution >= 0.6 is 15.9 Å². The summed E-state index contributed by atoms with van der Waals surface area (Å²) in [5, 5.41) is 4.54. The summed E-state index contributed by atoms with van der Waals surface area (Å²) in [4.78, 5) is 0. The number of hydrogen-bond donors (Lipinski definition) is 1. The van der Waals surface area contributed by atoms with E-state index >= 15 is 0 Å². The molecule has 0 aliphatic carbocycles. The Kier molecular flexibility index (Phi) is 3.01. The van der Waals surface area contributed by atoms with Crippen LogP contribution in [0.25, 0.3) is 11.3 Å². The van der Waals surface area contributed by atoms with Crippen molar-refractivity contribution in [2.75, 3.05) is 5.73 Å². The van der Waals surface area contributed by atoms with Crippen LogP contribution in [0, 0.1) is 0 Å². The Bertz CT molecular complexity index is 485. The molecule has 84 valence electrons. The second-order valence-corrected chi connectivity index (χ2v) is 4.88. The van der Waals surface area contributed by atoms with Gasteiger partial charge in [0.1, 0.15) is 5.69 Å². The predicted molar refractivity (Wildman–Crippen MR) is 70.2 cm³/mol. The molecule has 0 amide bonds. The maximum Gasteiger partial charge on any atom is 0.106 e. The van der Waals surface area contributed by atoms with Crippen LogP contribution in [-0.2, 0) is 0 Å². The lowest BCUT2D eigenvalue weighted by atomic mass is 10.1. The first-order valence-electron chi connectivity index (χ1n) is 5.18. The molecule has 16 heavy (non-hydrogen) atoms. The molecular weight excluding hydrogens is 266 g/mol. The molecule has 4 heteroatoms. The standard InChI is InChI=1S/C12H14BrN3/c1-8(2)16-7-11(13)12(15-16)9-3-5-10(14)6-4-9/h3-8H,14H2,1-2H3. The van der Waals surface area contributed by atoms with Crippen molar-refractivity contribution in [3.05, 3.63) is 34.9 Å². The molecule has 1 heterocycles. The molecule has 0 spiro atoms. The Morgan fingerprint density at radius 3 is 2.38 bits per heavy atom. The fourth-order valence-electron chi connectivity index (χ4n) is 1.47. The fraction of sp³-hybridized carbons (Fsp3) is 0.250. The average Bonchev–Trinajstić information content (AvgIpc) is 2.62. The van der Waals surface area contributed by atoms with E-state index in [2.05, 4.69) is 34.9 Å². The quantitative estimate of drug-likeness (QED) is 0.856. The van der Waals surface area contributed by atoms with Crippen molar-refractivity contribution in [1.82, 2.24) is 9.78 Å². The first kappa shape index (κ1) is 11.2. The SMILES string of the molecule is CC(C)n1cc(Br)c(-c2ccc(N)cc2)n1. The van der Waals surface area contributed by atoms with Crippen molar-refractivity contribution in [2.45, 2.75) is 19.9 Å². The van der Waals surface area contributed by atoms with Crippen LogP contribution < -0.4 is 5.73 Å². The topological polar surface area (TPSA) is 43.8 Å². The molecule has 1 aromatic heterocycles. The minimum absolute atomic E-state index is 0.360. The smallest absolute Gasteiger partial charge is 0.106 e. The van der Waals surface area contributed by atoms with Crippen LogP contribution in [0.15, 0.2) is 34.9 Å². The van der Waals surface area contributed by atoms with Gasteiger partial charge in [0, 0.05) is 23.5 Å². The molecule has 3 nitrogen and oxygen atoms in total. The van der Waals surface area contributed by atoms with Crippen molar-refractivity contribution >= 4 is 21.6 Å². The lowest BCUT2D eigenvalue weighted by molar-refractivity contribution is 0.534. The van der Waals surface area contributed by atoms with Crippen LogP contribution in [0.4, 0.5) is 5.69 Å². The van der Waals surface area contributed by atoms with Crippen LogP contribution in [0.2, 0.25) is 0 Å². The summed E-state index contributed by atoms with van der Waals surface area (Å²) in [6.07, 6.45) is 2.00. The van der Waals surface area contributed by atoms with Gasteiger partial charge in [0.25, 0.3) is 0 Å². The van der Waals surface area contributed by atoms with Crippen molar-refractivity contribution in [1.29, 1.82) is 0 Å². The number of rotatable bonds is 2. The van der Waals surface area contributed by atoms with Crippen molar-refractivity contribution < 1.29 is 0 Å². The van der Waals surface area contributed by atoms with Gasteiger partial charge in [-0.2, -0.15) is 5.10 Å². The second kappa shape index (κ2) is 4.29. The van der Waals surface area contributed by atoms with Crippen LogP contribution in [0.5, 0.6) is 0 Å². The third-order valence-electron chi connectivity index (χ3n) is 2.40. The van der Waals surface area contributed by atoms with Gasteiger partial charge in [0.05, 0.1) is 4.47 Å². The molecule has 2 rings (SSSR count). The van der Waals surface area contributed by atoms with Crippen LogP contribution in [0.3, 0.4) is 0 Å². The Balaban J connectivity index is 2.44. The highest BCUT2D eigenvalue weighted by atomic mass is 79.9. The minimum atomic E-state index is 0.360. The van der Waals surface area contributed by atoms with Crippen molar-refractivity contribution in [2.24, 2.45) is 0 Å². The fourth-order valence-corrected chi connectivity index (χ4v) is 1.99. The summed E-state index contributed by atoms with van der Waals surface area (Å²) in [5.74, 6) is 0. The molecular formula is C12H14BrN3. The van der Waals surface area contributed by atoms with Gasteiger partial charge in [0.15, 0.2) is 0 Å². The number of anilines is 1. The minimum Gasteiger partial charge on any atom is -0.399 e. The van der Waals surface area contributed by atoms with E-state index < -0.39 is 0 Å². The van der Waals surface area contributed by atoms with E-state index in [4.69, 9.17) is 5.73 Å². The largest absolute Gasteiger partial charge is 0.399 e. The zero-order valence-electron chi connectivity index (χ0n) is 9.31. The average molecular weight is 280 g/mol. The van der Waals surface area contributed by atoms with Crippen molar-refractivity contribution in [3.63, 3.8) is 0 Å². The molecule has 0 saturated carbocycles. The number of nitrogens with zero attached hydrogens (tertiary/aromatic N) is 2. The molecule has 0 atom stereocenters. The van der Waals surface area contributed by atoms with Gasteiger partial charge in [-0.05, 0) is 41.9 Å². The molecule has 0 unspecified atom stereocenters. The zero-order chi connectivity index (χ0) is 11.7. The van der Waals surface area contributed by atoms with Gasteiger partial charge < -0.3 is 5.73 Å². The maximum atomic E-state index is 5.66. The second-order valence-electron chi connectivity index (χ2n) is 4.02. The predicted octanol–water partition coefficient (Wildman–Crippen LogP) is 3.48. The van der Waals surface area contributed by atoms with Gasteiger partial charge in [-0.3, -0.25) is 4.68 Å². The van der Waals surface area contributed by atoms with Crippen LogP contribution in [-0.4, -0.2) is 9.78 Å². The number of nitrogens with two attached hydrogens (primary N) is 1. The van der Waals surface area contributed by atoms with Gasteiger partial charge in [-0.1, -0.05) is 12.1 Å². The van der Waals surface area contributed by atoms with E-state index in [1.165, 1.54) is 0 Å². The lowest BCUT2D eigenvalue weighted by Gasteiger charge is -2.03. The molecule has 0 bridgehead atoms. The monoisotopic (exact) mass is 279 g/mol. The van der Waals surface area contributed by atoms with E-state index in [-0.39, 0.29) is 0 Å². The highest BCUT2D eigenvalue weighted by molar-refractivity contribution is 9.10. The number of nitrogen functional groups attached to an aromatic ring is 1. The van der Waals surface area contributed by atoms with Crippen molar-refractivity contribution in [3.8, 4) is 11.3 Å². The maximum absolute atomic E-state index is 5.66. The molecule has 0 saturated heterocycles. The number of hydrogen-bond acceptors (Lipinski definition) is 2.